The number of imide groups is 1. The van der Waals surface area contributed by atoms with Gasteiger partial charge in [0.25, 0.3) is 11.6 Å². The Balaban J connectivity index is 0.00000117. The van der Waals surface area contributed by atoms with Gasteiger partial charge >= 0.3 is 0 Å². The molecule has 1 aliphatic heterocycles. The van der Waals surface area contributed by atoms with E-state index in [-0.39, 0.29) is 11.6 Å². The number of hydrogen-bond donors (Lipinski definition) is 2. The molecule has 29 heavy (non-hydrogen) atoms. The summed E-state index contributed by atoms with van der Waals surface area (Å²) < 4.78 is 0.634. The molecular formula is C20H19BrN4O4. The van der Waals surface area contributed by atoms with Gasteiger partial charge in [0.05, 0.1) is 21.9 Å². The van der Waals surface area contributed by atoms with Gasteiger partial charge in [-0.15, -0.1) is 0 Å². The number of fused-ring (bicyclic) bond motifs is 3. The molecule has 150 valence electrons. The molecule has 1 aromatic heterocycles. The third-order valence-electron chi connectivity index (χ3n) is 4.75. The summed E-state index contributed by atoms with van der Waals surface area (Å²) >= 11 is 3.44. The van der Waals surface area contributed by atoms with E-state index in [1.165, 1.54) is 6.07 Å². The van der Waals surface area contributed by atoms with Crippen molar-refractivity contribution in [1.29, 1.82) is 0 Å². The van der Waals surface area contributed by atoms with Crippen molar-refractivity contribution < 1.29 is 14.5 Å². The highest BCUT2D eigenvalue weighted by atomic mass is 79.9. The van der Waals surface area contributed by atoms with Crippen molar-refractivity contribution in [3.8, 4) is 11.4 Å². The molecule has 0 saturated carbocycles. The monoisotopic (exact) mass is 458 g/mol. The van der Waals surface area contributed by atoms with Gasteiger partial charge in [0.2, 0.25) is 5.91 Å². The number of nitrogens with zero attached hydrogens (tertiary/aromatic N) is 2. The lowest BCUT2D eigenvalue weighted by Gasteiger charge is -2.21. The summed E-state index contributed by atoms with van der Waals surface area (Å²) in [6, 6.07) is 6.55. The zero-order valence-electron chi connectivity index (χ0n) is 16.3. The van der Waals surface area contributed by atoms with Crippen molar-refractivity contribution in [1.82, 2.24) is 15.3 Å². The van der Waals surface area contributed by atoms with Gasteiger partial charge in [-0.1, -0.05) is 26.0 Å². The van der Waals surface area contributed by atoms with Gasteiger partial charge in [0, 0.05) is 21.7 Å². The summed E-state index contributed by atoms with van der Waals surface area (Å²) in [6.07, 6.45) is 0. The lowest BCUT2D eigenvalue weighted by molar-refractivity contribution is -0.385. The average molecular weight is 459 g/mol. The molecule has 1 aliphatic rings. The number of aromatic nitrogens is 2. The zero-order chi connectivity index (χ0) is 21.5. The molecule has 0 spiro atoms. The van der Waals surface area contributed by atoms with Crippen molar-refractivity contribution in [2.75, 3.05) is 0 Å². The molecular weight excluding hydrogens is 440 g/mol. The standard InChI is InChI=1S/C18H13BrN4O4.C2H6/c1-7-3-4-9(5-12(7)23(26)27)16-20-14-11(19)6-10-8(2)17(24)22-18(25)13(10)15(14)21-16;1-2/h3-6,8H,1-2H3,(H,20,21)(H,22,24,25);1-2H3. The van der Waals surface area contributed by atoms with Crippen LogP contribution in [0, 0.1) is 17.0 Å². The number of rotatable bonds is 2. The number of carbonyl (C=O) groups is 2. The van der Waals surface area contributed by atoms with Gasteiger partial charge in [-0.25, -0.2) is 4.98 Å². The first kappa shape index (κ1) is 20.7. The maximum atomic E-state index is 12.4. The molecule has 2 amide bonds. The van der Waals surface area contributed by atoms with Gasteiger partial charge in [-0.3, -0.25) is 25.0 Å². The topological polar surface area (TPSA) is 118 Å². The van der Waals surface area contributed by atoms with E-state index in [1.807, 2.05) is 13.8 Å². The fraction of sp³-hybridized carbons (Fsp3) is 0.250. The minimum absolute atomic E-state index is 0.00832. The van der Waals surface area contributed by atoms with Crippen molar-refractivity contribution in [2.45, 2.75) is 33.6 Å². The van der Waals surface area contributed by atoms with E-state index in [0.717, 1.165) is 0 Å². The summed E-state index contributed by atoms with van der Waals surface area (Å²) in [5.74, 6) is -0.923. The molecule has 2 heterocycles. The predicted molar refractivity (Wildman–Crippen MR) is 113 cm³/mol. The molecule has 1 atom stereocenters. The minimum atomic E-state index is -0.490. The number of nitro groups is 1. The summed E-state index contributed by atoms with van der Waals surface area (Å²) in [6.45, 7) is 7.38. The lowest BCUT2D eigenvalue weighted by Crippen LogP contribution is -2.39. The number of aromatic amines is 1. The number of imidazole rings is 1. The Morgan fingerprint density at radius 1 is 1.21 bits per heavy atom. The quantitative estimate of drug-likeness (QED) is 0.330. The Hall–Kier alpha value is -3.07. The normalized spacial score (nSPS) is 15.4. The molecule has 8 nitrogen and oxygen atoms in total. The van der Waals surface area contributed by atoms with E-state index in [0.29, 0.717) is 43.6 Å². The molecule has 2 N–H and O–H groups in total. The number of hydrogen-bond acceptors (Lipinski definition) is 5. The maximum Gasteiger partial charge on any atom is 0.273 e. The second-order valence-electron chi connectivity index (χ2n) is 6.43. The third kappa shape index (κ3) is 3.42. The summed E-state index contributed by atoms with van der Waals surface area (Å²) in [7, 11) is 0. The van der Waals surface area contributed by atoms with Crippen LogP contribution in [0.2, 0.25) is 0 Å². The average Bonchev–Trinajstić information content (AvgIpc) is 3.13. The number of benzene rings is 2. The highest BCUT2D eigenvalue weighted by Gasteiger charge is 2.32. The van der Waals surface area contributed by atoms with Crippen LogP contribution in [0.25, 0.3) is 22.4 Å². The van der Waals surface area contributed by atoms with Crippen LogP contribution in [-0.2, 0) is 4.79 Å². The van der Waals surface area contributed by atoms with Crippen molar-refractivity contribution >= 4 is 44.5 Å². The van der Waals surface area contributed by atoms with Gasteiger partial charge in [-0.2, -0.15) is 0 Å². The number of amides is 2. The van der Waals surface area contributed by atoms with E-state index in [1.54, 1.807) is 32.0 Å². The Bertz CT molecular complexity index is 1170. The molecule has 0 saturated heterocycles. The lowest BCUT2D eigenvalue weighted by atomic mass is 9.90. The van der Waals surface area contributed by atoms with Crippen LogP contribution in [-0.4, -0.2) is 26.7 Å². The van der Waals surface area contributed by atoms with Gasteiger partial charge in [-0.05, 0) is 41.4 Å². The van der Waals surface area contributed by atoms with Gasteiger partial charge in [0.15, 0.2) is 0 Å². The Morgan fingerprint density at radius 3 is 2.55 bits per heavy atom. The van der Waals surface area contributed by atoms with Crippen molar-refractivity contribution in [3.63, 3.8) is 0 Å². The molecule has 0 fully saturated rings. The molecule has 0 radical (unpaired) electrons. The number of H-pyrrole nitrogens is 1. The first-order chi connectivity index (χ1) is 13.8. The van der Waals surface area contributed by atoms with Crippen LogP contribution in [0.3, 0.4) is 0 Å². The summed E-state index contributed by atoms with van der Waals surface area (Å²) in [5.41, 5.74) is 3.03. The molecule has 1 unspecified atom stereocenters. The first-order valence-corrected chi connectivity index (χ1v) is 9.90. The fourth-order valence-corrected chi connectivity index (χ4v) is 3.78. The number of nitro benzene ring substituents is 1. The number of carbonyl (C=O) groups excluding carboxylic acids is 2. The maximum absolute atomic E-state index is 12.4. The highest BCUT2D eigenvalue weighted by Crippen LogP contribution is 2.36. The van der Waals surface area contributed by atoms with Crippen molar-refractivity contribution in [3.05, 3.63) is 55.5 Å². The Kier molecular flexibility index (Phi) is 5.52. The molecule has 4 rings (SSSR count). The SMILES string of the molecule is CC.Cc1ccc(-c2nc3c(Br)cc4c(c3[nH]2)C(=O)NC(=O)C4C)cc1[N+](=O)[O-]. The summed E-state index contributed by atoms with van der Waals surface area (Å²) in [4.78, 5) is 42.7. The van der Waals surface area contributed by atoms with E-state index < -0.39 is 16.7 Å². The van der Waals surface area contributed by atoms with Crippen LogP contribution >= 0.6 is 15.9 Å². The van der Waals surface area contributed by atoms with Gasteiger partial charge < -0.3 is 4.98 Å². The van der Waals surface area contributed by atoms with Crippen molar-refractivity contribution in [2.24, 2.45) is 0 Å². The predicted octanol–water partition coefficient (Wildman–Crippen LogP) is 4.61. The molecule has 0 aliphatic carbocycles. The number of halogens is 1. The van der Waals surface area contributed by atoms with E-state index in [4.69, 9.17) is 0 Å². The van der Waals surface area contributed by atoms with Crippen LogP contribution in [0.5, 0.6) is 0 Å². The third-order valence-corrected chi connectivity index (χ3v) is 5.36. The summed E-state index contributed by atoms with van der Waals surface area (Å²) in [5, 5.41) is 13.6. The fourth-order valence-electron chi connectivity index (χ4n) is 3.25. The van der Waals surface area contributed by atoms with Crippen LogP contribution in [0.1, 0.15) is 48.2 Å². The number of nitrogens with one attached hydrogen (secondary N) is 2. The molecule has 3 aromatic rings. The van der Waals surface area contributed by atoms with E-state index in [9.17, 15) is 19.7 Å². The van der Waals surface area contributed by atoms with E-state index >= 15 is 0 Å². The Labute approximate surface area is 175 Å². The second kappa shape index (κ2) is 7.75. The molecule has 9 heteroatoms. The van der Waals surface area contributed by atoms with Gasteiger partial charge in [0.1, 0.15) is 11.3 Å². The van der Waals surface area contributed by atoms with E-state index in [2.05, 4.69) is 31.2 Å². The van der Waals surface area contributed by atoms with Crippen LogP contribution in [0.15, 0.2) is 28.7 Å². The molecule has 0 bridgehead atoms. The number of aryl methyl sites for hydroxylation is 1. The largest absolute Gasteiger partial charge is 0.337 e. The zero-order valence-corrected chi connectivity index (χ0v) is 17.9. The minimum Gasteiger partial charge on any atom is -0.337 e. The second-order valence-corrected chi connectivity index (χ2v) is 7.28. The Morgan fingerprint density at radius 2 is 1.90 bits per heavy atom. The molecule has 2 aromatic carbocycles. The van der Waals surface area contributed by atoms with Crippen LogP contribution < -0.4 is 5.32 Å². The highest BCUT2D eigenvalue weighted by molar-refractivity contribution is 9.10. The smallest absolute Gasteiger partial charge is 0.273 e. The first-order valence-electron chi connectivity index (χ1n) is 9.10. The van der Waals surface area contributed by atoms with Crippen LogP contribution in [0.4, 0.5) is 5.69 Å².